The van der Waals surface area contributed by atoms with E-state index < -0.39 is 0 Å². The Morgan fingerprint density at radius 3 is 1.57 bits per heavy atom. The molecule has 0 saturated heterocycles. The van der Waals surface area contributed by atoms with Crippen LogP contribution < -0.4 is 0 Å². The Kier molecular flexibility index (Phi) is 23.9. The normalized spacial score (nSPS) is 8.57. The second-order valence-corrected chi connectivity index (χ2v) is 2.44. The first-order chi connectivity index (χ1) is 3.33. The van der Waals surface area contributed by atoms with Crippen LogP contribution in [0.1, 0.15) is 20.3 Å². The van der Waals surface area contributed by atoms with Crippen LogP contribution in [0.15, 0.2) is 0 Å². The Morgan fingerprint density at radius 1 is 1.43 bits per heavy atom. The van der Waals surface area contributed by atoms with Gasteiger partial charge in [-0.3, -0.25) is 0 Å². The van der Waals surface area contributed by atoms with Crippen LogP contribution >= 0.6 is 0 Å². The lowest BCUT2D eigenvalue weighted by Crippen LogP contribution is -1.79. The van der Waals surface area contributed by atoms with E-state index in [1.165, 1.54) is 6.42 Å². The number of hydrogen-bond acceptors (Lipinski definition) is 1. The molecule has 2 heteroatoms. The molecule has 0 bridgehead atoms. The average Bonchev–Trinajstić information content (AvgIpc) is 1.69. The smallest absolute Gasteiger partial charge is 0.157 e. The Bertz CT molecular complexity index is 15.6. The van der Waals surface area contributed by atoms with Gasteiger partial charge in [0.2, 0.25) is 0 Å². The van der Waals surface area contributed by atoms with Crippen molar-refractivity contribution in [2.24, 2.45) is 0 Å². The Morgan fingerprint density at radius 2 is 1.57 bits per heavy atom. The first kappa shape index (κ1) is 10.2. The minimum atomic E-state index is -0.0756. The van der Waals surface area contributed by atoms with Crippen LogP contribution in [0.25, 0.3) is 0 Å². The van der Waals surface area contributed by atoms with E-state index in [1.54, 1.807) is 7.11 Å². The molecular weight excluding hydrogens is 104 g/mol. The molecule has 1 nitrogen and oxygen atoms in total. The molecule has 0 N–H and O–H groups in total. The molecule has 0 spiro atoms. The largest absolute Gasteiger partial charge is 0.427 e. The summed E-state index contributed by atoms with van der Waals surface area (Å²) < 4.78 is 4.68. The monoisotopic (exact) mass is 120 g/mol. The van der Waals surface area contributed by atoms with Gasteiger partial charge in [0.05, 0.1) is 0 Å². The Labute approximate surface area is 49.0 Å². The topological polar surface area (TPSA) is 9.23 Å². The van der Waals surface area contributed by atoms with Gasteiger partial charge in [0, 0.05) is 7.11 Å². The van der Waals surface area contributed by atoms with Gasteiger partial charge in [-0.05, 0) is 0 Å². The predicted molar refractivity (Wildman–Crippen MR) is 37.4 cm³/mol. The lowest BCUT2D eigenvalue weighted by Gasteiger charge is -1.75. The van der Waals surface area contributed by atoms with Crippen LogP contribution in [0.3, 0.4) is 0 Å². The minimum Gasteiger partial charge on any atom is -0.427 e. The molecular formula is C5H16OSi. The summed E-state index contributed by atoms with van der Waals surface area (Å²) >= 11 is 0. The maximum atomic E-state index is 4.68. The lowest BCUT2D eigenvalue weighted by molar-refractivity contribution is 0.446. The quantitative estimate of drug-likeness (QED) is 0.472. The molecule has 0 aliphatic heterocycles. The van der Waals surface area contributed by atoms with Gasteiger partial charge in [0.1, 0.15) is 0 Å². The van der Waals surface area contributed by atoms with Gasteiger partial charge in [0.25, 0.3) is 0 Å². The summed E-state index contributed by atoms with van der Waals surface area (Å²) in [7, 11) is 1.67. The summed E-state index contributed by atoms with van der Waals surface area (Å²) in [5, 5.41) is 0. The van der Waals surface area contributed by atoms with Crippen LogP contribution in [0.2, 0.25) is 6.55 Å². The Hall–Kier alpha value is 0.177. The third kappa shape index (κ3) is 77.8. The predicted octanol–water partition coefficient (Wildman–Crippen LogP) is 1.18. The fraction of sp³-hybridized carbons (Fsp3) is 1.00. The molecule has 0 aromatic carbocycles. The Balaban J connectivity index is 0. The third-order valence-corrected chi connectivity index (χ3v) is 0.866. The van der Waals surface area contributed by atoms with E-state index in [1.807, 2.05) is 0 Å². The van der Waals surface area contributed by atoms with Crippen molar-refractivity contribution < 1.29 is 4.43 Å². The summed E-state index contributed by atoms with van der Waals surface area (Å²) in [4.78, 5) is 0. The highest BCUT2D eigenvalue weighted by molar-refractivity contribution is 6.24. The lowest BCUT2D eigenvalue weighted by atomic mass is 10.6. The molecule has 46 valence electrons. The van der Waals surface area contributed by atoms with Crippen LogP contribution in [0.4, 0.5) is 0 Å². The molecule has 0 aromatic rings. The van der Waals surface area contributed by atoms with Crippen LogP contribution in [-0.2, 0) is 4.43 Å². The van der Waals surface area contributed by atoms with Crippen molar-refractivity contribution >= 4 is 9.76 Å². The van der Waals surface area contributed by atoms with Gasteiger partial charge in [-0.1, -0.05) is 26.8 Å². The number of hydrogen-bond donors (Lipinski definition) is 0. The van der Waals surface area contributed by atoms with E-state index >= 15 is 0 Å². The van der Waals surface area contributed by atoms with Gasteiger partial charge >= 0.3 is 0 Å². The summed E-state index contributed by atoms with van der Waals surface area (Å²) in [6, 6.07) is 0. The molecule has 7 heavy (non-hydrogen) atoms. The van der Waals surface area contributed by atoms with Crippen molar-refractivity contribution in [1.82, 2.24) is 0 Å². The fourth-order valence-electron chi connectivity index (χ4n) is 0. The average molecular weight is 120 g/mol. The van der Waals surface area contributed by atoms with E-state index in [4.69, 9.17) is 0 Å². The highest BCUT2D eigenvalue weighted by atomic mass is 28.2. The summed E-state index contributed by atoms with van der Waals surface area (Å²) in [5.41, 5.74) is 0. The molecule has 0 radical (unpaired) electrons. The molecule has 0 aliphatic carbocycles. The van der Waals surface area contributed by atoms with E-state index in [-0.39, 0.29) is 9.76 Å². The zero-order valence-electron chi connectivity index (χ0n) is 5.82. The van der Waals surface area contributed by atoms with Crippen molar-refractivity contribution in [3.63, 3.8) is 0 Å². The number of rotatable bonds is 1. The third-order valence-electron chi connectivity index (χ3n) is 0.289. The molecule has 0 rings (SSSR count). The molecule has 0 atom stereocenters. The molecule has 0 amide bonds. The van der Waals surface area contributed by atoms with Crippen molar-refractivity contribution in [3.8, 4) is 0 Å². The maximum absolute atomic E-state index is 4.68. The summed E-state index contributed by atoms with van der Waals surface area (Å²) in [6.45, 7) is 6.35. The van der Waals surface area contributed by atoms with Gasteiger partial charge in [-0.25, -0.2) is 0 Å². The van der Waals surface area contributed by atoms with Crippen LogP contribution in [0, 0.1) is 0 Å². The van der Waals surface area contributed by atoms with E-state index in [2.05, 4.69) is 24.8 Å². The second-order valence-electron chi connectivity index (χ2n) is 1.28. The van der Waals surface area contributed by atoms with Gasteiger partial charge in [0.15, 0.2) is 9.76 Å². The molecule has 0 aliphatic rings. The molecule has 0 fully saturated rings. The van der Waals surface area contributed by atoms with E-state index in [0.717, 1.165) is 0 Å². The van der Waals surface area contributed by atoms with Crippen LogP contribution in [0.5, 0.6) is 0 Å². The van der Waals surface area contributed by atoms with Crippen LogP contribution in [-0.4, -0.2) is 16.9 Å². The minimum absolute atomic E-state index is 0.0756. The van der Waals surface area contributed by atoms with Crippen molar-refractivity contribution in [2.45, 2.75) is 26.8 Å². The zero-order chi connectivity index (χ0) is 6.12. The SMILES string of the molecule is CCC.CO[SiH2]C. The summed E-state index contributed by atoms with van der Waals surface area (Å²) in [6.07, 6.45) is 1.25. The highest BCUT2D eigenvalue weighted by Crippen LogP contribution is 1.56. The zero-order valence-corrected chi connectivity index (χ0v) is 7.24. The van der Waals surface area contributed by atoms with E-state index in [0.29, 0.717) is 0 Å². The maximum Gasteiger partial charge on any atom is 0.157 e. The highest BCUT2D eigenvalue weighted by Gasteiger charge is 1.55. The standard InChI is InChI=1S/C3H8.C2H8OSi/c1-3-2;1-3-4-2/h3H2,1-2H3;4H2,1-2H3. The first-order valence-electron chi connectivity index (χ1n) is 2.82. The second kappa shape index (κ2) is 16.4. The fourth-order valence-corrected chi connectivity index (χ4v) is 0. The van der Waals surface area contributed by atoms with E-state index in [9.17, 15) is 0 Å². The van der Waals surface area contributed by atoms with Crippen molar-refractivity contribution in [2.75, 3.05) is 7.11 Å². The molecule has 0 unspecified atom stereocenters. The van der Waals surface area contributed by atoms with Gasteiger partial charge < -0.3 is 4.43 Å². The molecule has 0 heterocycles. The van der Waals surface area contributed by atoms with Crippen molar-refractivity contribution in [3.05, 3.63) is 0 Å². The van der Waals surface area contributed by atoms with Gasteiger partial charge in [-0.15, -0.1) is 0 Å². The molecule has 0 aromatic heterocycles. The first-order valence-corrected chi connectivity index (χ1v) is 4.81. The molecule has 0 saturated carbocycles. The van der Waals surface area contributed by atoms with Gasteiger partial charge in [-0.2, -0.15) is 0 Å². The summed E-state index contributed by atoms with van der Waals surface area (Å²) in [5.74, 6) is 0. The van der Waals surface area contributed by atoms with Crippen molar-refractivity contribution in [1.29, 1.82) is 0 Å².